The summed E-state index contributed by atoms with van der Waals surface area (Å²) in [6.45, 7) is 5.62. The molecule has 0 unspecified atom stereocenters. The Kier molecular flexibility index (Phi) is 6.88. The number of carbonyl (C=O) groups is 3. The number of urea groups is 1. The molecular formula is C12H16N4O4S. The number of rotatable bonds is 7. The van der Waals surface area contributed by atoms with Crippen LogP contribution in [-0.4, -0.2) is 42.6 Å². The summed E-state index contributed by atoms with van der Waals surface area (Å²) in [5, 5.41) is 9.38. The van der Waals surface area contributed by atoms with E-state index in [0.717, 1.165) is 0 Å². The third-order valence-corrected chi connectivity index (χ3v) is 2.84. The lowest BCUT2D eigenvalue weighted by Crippen LogP contribution is -2.41. The summed E-state index contributed by atoms with van der Waals surface area (Å²) < 4.78 is 4.75. The van der Waals surface area contributed by atoms with E-state index in [1.807, 2.05) is 5.32 Å². The summed E-state index contributed by atoms with van der Waals surface area (Å²) in [4.78, 5) is 38.0. The Morgan fingerprint density at radius 2 is 2.24 bits per heavy atom. The first-order chi connectivity index (χ1) is 10.1. The molecule has 0 spiro atoms. The monoisotopic (exact) mass is 312 g/mol. The second-order valence-electron chi connectivity index (χ2n) is 3.69. The molecule has 0 fully saturated rings. The normalized spacial score (nSPS) is 9.57. The molecule has 1 aromatic rings. The van der Waals surface area contributed by atoms with E-state index in [-0.39, 0.29) is 5.69 Å². The molecule has 3 N–H and O–H groups in total. The van der Waals surface area contributed by atoms with Gasteiger partial charge in [-0.1, -0.05) is 6.08 Å². The van der Waals surface area contributed by atoms with E-state index in [1.165, 1.54) is 16.7 Å². The van der Waals surface area contributed by atoms with Crippen molar-refractivity contribution >= 4 is 34.4 Å². The fourth-order valence-electron chi connectivity index (χ4n) is 1.18. The predicted octanol–water partition coefficient (Wildman–Crippen LogP) is 0.743. The van der Waals surface area contributed by atoms with Crippen molar-refractivity contribution in [2.45, 2.75) is 6.92 Å². The van der Waals surface area contributed by atoms with Gasteiger partial charge >= 0.3 is 12.0 Å². The zero-order valence-electron chi connectivity index (χ0n) is 11.5. The number of ether oxygens (including phenoxy) is 1. The molecular weight excluding hydrogens is 296 g/mol. The van der Waals surface area contributed by atoms with Gasteiger partial charge in [-0.2, -0.15) is 0 Å². The Balaban J connectivity index is 2.39. The van der Waals surface area contributed by atoms with Crippen LogP contribution in [0.2, 0.25) is 0 Å². The highest BCUT2D eigenvalue weighted by Crippen LogP contribution is 2.15. The lowest BCUT2D eigenvalue weighted by molar-refractivity contribution is -0.123. The molecule has 0 aliphatic carbocycles. The number of hydrogen-bond acceptors (Lipinski definition) is 7. The third-order valence-electron chi connectivity index (χ3n) is 2.04. The van der Waals surface area contributed by atoms with E-state index in [0.29, 0.717) is 18.2 Å². The number of nitrogens with zero attached hydrogens (tertiary/aromatic N) is 1. The molecule has 114 valence electrons. The van der Waals surface area contributed by atoms with Gasteiger partial charge in [-0.25, -0.2) is 14.6 Å². The number of hydrogen-bond donors (Lipinski definition) is 3. The summed E-state index contributed by atoms with van der Waals surface area (Å²) in [6, 6.07) is -0.636. The van der Waals surface area contributed by atoms with Crippen molar-refractivity contribution in [1.82, 2.24) is 15.6 Å². The van der Waals surface area contributed by atoms with Gasteiger partial charge in [0.25, 0.3) is 5.91 Å². The van der Waals surface area contributed by atoms with Gasteiger partial charge in [0.15, 0.2) is 17.4 Å². The minimum absolute atomic E-state index is 0.0948. The largest absolute Gasteiger partial charge is 0.451 e. The maximum atomic E-state index is 11.6. The van der Waals surface area contributed by atoms with Gasteiger partial charge in [0.2, 0.25) is 0 Å². The molecule has 0 aromatic carbocycles. The number of esters is 1. The Morgan fingerprint density at radius 1 is 1.48 bits per heavy atom. The average molecular weight is 312 g/mol. The van der Waals surface area contributed by atoms with E-state index < -0.39 is 24.5 Å². The van der Waals surface area contributed by atoms with Crippen LogP contribution in [0.15, 0.2) is 18.0 Å². The third kappa shape index (κ3) is 6.04. The zero-order chi connectivity index (χ0) is 15.7. The quantitative estimate of drug-likeness (QED) is 0.506. The summed E-state index contributed by atoms with van der Waals surface area (Å²) in [6.07, 6.45) is 1.66. The molecule has 0 aliphatic heterocycles. The van der Waals surface area contributed by atoms with Gasteiger partial charge in [0.1, 0.15) is 0 Å². The Hall–Kier alpha value is -2.42. The molecule has 0 aliphatic rings. The fourth-order valence-corrected chi connectivity index (χ4v) is 1.87. The molecule has 0 radical (unpaired) electrons. The molecule has 0 saturated carbocycles. The van der Waals surface area contributed by atoms with Crippen LogP contribution in [0.3, 0.4) is 0 Å². The van der Waals surface area contributed by atoms with E-state index in [2.05, 4.69) is 22.2 Å². The second-order valence-corrected chi connectivity index (χ2v) is 4.55. The van der Waals surface area contributed by atoms with Crippen LogP contribution in [0.25, 0.3) is 0 Å². The predicted molar refractivity (Wildman–Crippen MR) is 78.3 cm³/mol. The molecule has 0 atom stereocenters. The molecule has 1 rings (SSSR count). The lowest BCUT2D eigenvalue weighted by Gasteiger charge is -2.05. The van der Waals surface area contributed by atoms with Crippen molar-refractivity contribution in [2.75, 3.05) is 25.0 Å². The number of nitrogens with one attached hydrogen (secondary N) is 3. The summed E-state index contributed by atoms with van der Waals surface area (Å²) >= 11 is 1.23. The molecule has 1 heterocycles. The van der Waals surface area contributed by atoms with Gasteiger partial charge < -0.3 is 15.4 Å². The van der Waals surface area contributed by atoms with Gasteiger partial charge in [0.05, 0.1) is 0 Å². The average Bonchev–Trinajstić information content (AvgIpc) is 2.91. The van der Waals surface area contributed by atoms with E-state index in [1.54, 1.807) is 13.0 Å². The fraction of sp³-hybridized carbons (Fsp3) is 0.333. The van der Waals surface area contributed by atoms with Crippen molar-refractivity contribution in [3.8, 4) is 0 Å². The SMILES string of the molecule is C=CCNc1nc(C(=O)OCC(=O)NC(=O)NCC)cs1. The molecule has 21 heavy (non-hydrogen) atoms. The number of amides is 3. The van der Waals surface area contributed by atoms with E-state index in [4.69, 9.17) is 4.74 Å². The van der Waals surface area contributed by atoms with Gasteiger partial charge in [-0.3, -0.25) is 10.1 Å². The van der Waals surface area contributed by atoms with Crippen LogP contribution < -0.4 is 16.0 Å². The summed E-state index contributed by atoms with van der Waals surface area (Å²) in [7, 11) is 0. The van der Waals surface area contributed by atoms with Crippen LogP contribution in [0, 0.1) is 0 Å². The minimum Gasteiger partial charge on any atom is -0.451 e. The van der Waals surface area contributed by atoms with Crippen LogP contribution in [0.1, 0.15) is 17.4 Å². The number of carbonyl (C=O) groups excluding carboxylic acids is 3. The molecule has 0 bridgehead atoms. The topological polar surface area (TPSA) is 109 Å². The van der Waals surface area contributed by atoms with Crippen LogP contribution in [0.4, 0.5) is 9.93 Å². The molecule has 8 nitrogen and oxygen atoms in total. The van der Waals surface area contributed by atoms with Crippen molar-refractivity contribution in [2.24, 2.45) is 0 Å². The Labute approximate surface area is 125 Å². The zero-order valence-corrected chi connectivity index (χ0v) is 12.3. The second kappa shape index (κ2) is 8.69. The van der Waals surface area contributed by atoms with Gasteiger partial charge in [0, 0.05) is 18.5 Å². The highest BCUT2D eigenvalue weighted by atomic mass is 32.1. The standard InChI is InChI=1S/C12H16N4O4S/c1-3-5-14-12-15-8(7-21-12)10(18)20-6-9(17)16-11(19)13-4-2/h3,7H,1,4-6H2,2H3,(H,14,15)(H2,13,16,17,19). The van der Waals surface area contributed by atoms with Crippen LogP contribution in [-0.2, 0) is 9.53 Å². The molecule has 9 heteroatoms. The maximum Gasteiger partial charge on any atom is 0.358 e. The first kappa shape index (κ1) is 16.6. The molecule has 0 saturated heterocycles. The maximum absolute atomic E-state index is 11.6. The number of imide groups is 1. The number of aromatic nitrogens is 1. The molecule has 1 aromatic heterocycles. The van der Waals surface area contributed by atoms with Crippen LogP contribution >= 0.6 is 11.3 Å². The van der Waals surface area contributed by atoms with E-state index >= 15 is 0 Å². The lowest BCUT2D eigenvalue weighted by atomic mass is 10.5. The van der Waals surface area contributed by atoms with E-state index in [9.17, 15) is 14.4 Å². The Bertz CT molecular complexity index is 529. The van der Waals surface area contributed by atoms with Crippen molar-refractivity contribution in [3.63, 3.8) is 0 Å². The van der Waals surface area contributed by atoms with Gasteiger partial charge in [-0.15, -0.1) is 17.9 Å². The Morgan fingerprint density at radius 3 is 2.90 bits per heavy atom. The minimum atomic E-state index is -0.732. The van der Waals surface area contributed by atoms with Crippen molar-refractivity contribution < 1.29 is 19.1 Å². The summed E-state index contributed by atoms with van der Waals surface area (Å²) in [5.41, 5.74) is 0.0948. The smallest absolute Gasteiger partial charge is 0.358 e. The van der Waals surface area contributed by atoms with Crippen LogP contribution in [0.5, 0.6) is 0 Å². The highest BCUT2D eigenvalue weighted by molar-refractivity contribution is 7.13. The first-order valence-corrected chi connectivity index (χ1v) is 6.99. The first-order valence-electron chi connectivity index (χ1n) is 6.12. The summed E-state index contributed by atoms with van der Waals surface area (Å²) in [5.74, 6) is -1.45. The van der Waals surface area contributed by atoms with Crippen molar-refractivity contribution in [3.05, 3.63) is 23.7 Å². The number of thiazole rings is 1. The van der Waals surface area contributed by atoms with Crippen molar-refractivity contribution in [1.29, 1.82) is 0 Å². The van der Waals surface area contributed by atoms with Gasteiger partial charge in [-0.05, 0) is 6.92 Å². The number of anilines is 1. The molecule has 3 amide bonds. The highest BCUT2D eigenvalue weighted by Gasteiger charge is 2.15.